The third-order valence-electron chi connectivity index (χ3n) is 4.26. The van der Waals surface area contributed by atoms with Gasteiger partial charge in [-0.05, 0) is 24.3 Å². The van der Waals surface area contributed by atoms with Gasteiger partial charge in [0.2, 0.25) is 5.91 Å². The summed E-state index contributed by atoms with van der Waals surface area (Å²) in [6.45, 7) is 0.110. The van der Waals surface area contributed by atoms with Crippen LogP contribution in [0.5, 0.6) is 0 Å². The minimum atomic E-state index is -0.454. The predicted octanol–water partition coefficient (Wildman–Crippen LogP) is 3.41. The molecule has 0 saturated heterocycles. The normalized spacial score (nSPS) is 11.8. The van der Waals surface area contributed by atoms with Crippen LogP contribution in [-0.2, 0) is 11.3 Å². The first-order chi connectivity index (χ1) is 13.2. The fraction of sp³-hybridized carbons (Fsp3) is 0.0952. The Morgan fingerprint density at radius 2 is 2.15 bits per heavy atom. The van der Waals surface area contributed by atoms with Crippen LogP contribution in [0, 0.1) is 11.3 Å². The van der Waals surface area contributed by atoms with E-state index in [1.165, 1.54) is 0 Å². The topological polar surface area (TPSA) is 83.9 Å². The molecule has 0 fully saturated rings. The summed E-state index contributed by atoms with van der Waals surface area (Å²) in [5.41, 5.74) is 2.11. The fourth-order valence-electron chi connectivity index (χ4n) is 2.99. The van der Waals surface area contributed by atoms with Crippen LogP contribution in [0.3, 0.4) is 0 Å². The number of pyridine rings is 1. The summed E-state index contributed by atoms with van der Waals surface area (Å²) in [5, 5.41) is 12.9. The number of carbonyl (C=O) groups excluding carboxylic acids is 1. The van der Waals surface area contributed by atoms with Gasteiger partial charge >= 0.3 is 0 Å². The number of carbonyl (C=O) groups is 1. The first-order valence-corrected chi connectivity index (χ1v) is 8.46. The quantitative estimate of drug-likeness (QED) is 0.594. The Bertz CT molecular complexity index is 1090. The molecule has 0 saturated carbocycles. The SMILES string of the molecule is N#Cc1ccn(CC(=O)NC(c2cccnc2)c2cc3ccccc3o2)c1. The van der Waals surface area contributed by atoms with Crippen molar-refractivity contribution in [3.8, 4) is 6.07 Å². The van der Waals surface area contributed by atoms with Crippen LogP contribution in [0.25, 0.3) is 11.0 Å². The number of amides is 1. The maximum Gasteiger partial charge on any atom is 0.240 e. The molecule has 1 atom stereocenters. The van der Waals surface area contributed by atoms with E-state index in [9.17, 15) is 4.79 Å². The largest absolute Gasteiger partial charge is 0.459 e. The van der Waals surface area contributed by atoms with Gasteiger partial charge in [-0.15, -0.1) is 0 Å². The number of fused-ring (bicyclic) bond motifs is 1. The molecule has 132 valence electrons. The molecule has 0 bridgehead atoms. The van der Waals surface area contributed by atoms with E-state index in [0.717, 1.165) is 16.5 Å². The van der Waals surface area contributed by atoms with Crippen LogP contribution in [0.4, 0.5) is 0 Å². The molecule has 1 N–H and O–H groups in total. The molecule has 3 aromatic heterocycles. The van der Waals surface area contributed by atoms with E-state index in [0.29, 0.717) is 11.3 Å². The van der Waals surface area contributed by atoms with Gasteiger partial charge in [0.1, 0.15) is 30.0 Å². The number of rotatable bonds is 5. The predicted molar refractivity (Wildman–Crippen MR) is 99.6 cm³/mol. The highest BCUT2D eigenvalue weighted by molar-refractivity contribution is 5.79. The molecule has 0 radical (unpaired) electrons. The summed E-state index contributed by atoms with van der Waals surface area (Å²) in [5.74, 6) is 0.451. The molecular weight excluding hydrogens is 340 g/mol. The number of benzene rings is 1. The zero-order chi connectivity index (χ0) is 18.6. The molecule has 1 amide bonds. The van der Waals surface area contributed by atoms with Crippen LogP contribution in [-0.4, -0.2) is 15.5 Å². The van der Waals surface area contributed by atoms with Gasteiger partial charge in [0.25, 0.3) is 0 Å². The van der Waals surface area contributed by atoms with Crippen molar-refractivity contribution in [3.05, 3.63) is 90.2 Å². The molecule has 0 spiro atoms. The van der Waals surface area contributed by atoms with Crippen molar-refractivity contribution in [1.29, 1.82) is 5.26 Å². The third kappa shape index (κ3) is 3.58. The van der Waals surface area contributed by atoms with Gasteiger partial charge in [-0.1, -0.05) is 24.3 Å². The molecule has 0 aliphatic heterocycles. The van der Waals surface area contributed by atoms with Crippen molar-refractivity contribution in [2.24, 2.45) is 0 Å². The summed E-state index contributed by atoms with van der Waals surface area (Å²) < 4.78 is 7.64. The highest BCUT2D eigenvalue weighted by atomic mass is 16.3. The summed E-state index contributed by atoms with van der Waals surface area (Å²) in [6, 6.07) is 16.6. The highest BCUT2D eigenvalue weighted by Gasteiger charge is 2.21. The number of hydrogen-bond acceptors (Lipinski definition) is 4. The lowest BCUT2D eigenvalue weighted by Crippen LogP contribution is -2.31. The lowest BCUT2D eigenvalue weighted by atomic mass is 10.1. The number of aromatic nitrogens is 2. The minimum absolute atomic E-state index is 0.110. The Kier molecular flexibility index (Phi) is 4.42. The van der Waals surface area contributed by atoms with Crippen molar-refractivity contribution < 1.29 is 9.21 Å². The average molecular weight is 356 g/mol. The Morgan fingerprint density at radius 1 is 1.26 bits per heavy atom. The van der Waals surface area contributed by atoms with Gasteiger partial charge < -0.3 is 14.3 Å². The Morgan fingerprint density at radius 3 is 2.89 bits per heavy atom. The van der Waals surface area contributed by atoms with Crippen molar-refractivity contribution >= 4 is 16.9 Å². The van der Waals surface area contributed by atoms with Gasteiger partial charge in [0, 0.05) is 35.7 Å². The second kappa shape index (κ2) is 7.18. The Balaban J connectivity index is 1.62. The maximum absolute atomic E-state index is 12.6. The minimum Gasteiger partial charge on any atom is -0.459 e. The zero-order valence-corrected chi connectivity index (χ0v) is 14.4. The van der Waals surface area contributed by atoms with E-state index >= 15 is 0 Å². The number of nitrogens with zero attached hydrogens (tertiary/aromatic N) is 3. The van der Waals surface area contributed by atoms with Crippen molar-refractivity contribution in [3.63, 3.8) is 0 Å². The molecular formula is C21H16N4O2. The van der Waals surface area contributed by atoms with Crippen LogP contribution in [0.15, 0.2) is 77.7 Å². The molecule has 0 aliphatic rings. The fourth-order valence-corrected chi connectivity index (χ4v) is 2.99. The summed E-state index contributed by atoms with van der Waals surface area (Å²) in [7, 11) is 0. The summed E-state index contributed by atoms with van der Waals surface area (Å²) in [6.07, 6.45) is 6.74. The van der Waals surface area contributed by atoms with E-state index < -0.39 is 6.04 Å². The lowest BCUT2D eigenvalue weighted by molar-refractivity contribution is -0.122. The lowest BCUT2D eigenvalue weighted by Gasteiger charge is -2.17. The van der Waals surface area contributed by atoms with Gasteiger partial charge in [-0.3, -0.25) is 9.78 Å². The monoisotopic (exact) mass is 356 g/mol. The number of furan rings is 1. The average Bonchev–Trinajstić information content (AvgIpc) is 3.33. The van der Waals surface area contributed by atoms with Crippen molar-refractivity contribution in [2.75, 3.05) is 0 Å². The Labute approximate surface area is 155 Å². The van der Waals surface area contributed by atoms with E-state index in [-0.39, 0.29) is 12.5 Å². The molecule has 3 heterocycles. The van der Waals surface area contributed by atoms with Gasteiger partial charge in [-0.25, -0.2) is 0 Å². The molecule has 6 heteroatoms. The van der Waals surface area contributed by atoms with Crippen LogP contribution >= 0.6 is 0 Å². The summed E-state index contributed by atoms with van der Waals surface area (Å²) >= 11 is 0. The number of hydrogen-bond donors (Lipinski definition) is 1. The standard InChI is InChI=1S/C21H16N4O2/c22-11-15-7-9-25(13-15)14-20(26)24-21(17-5-3-8-23-12-17)19-10-16-4-1-2-6-18(16)27-19/h1-10,12-13,21H,14H2,(H,24,26). The van der Waals surface area contributed by atoms with Crippen molar-refractivity contribution in [2.45, 2.75) is 12.6 Å². The van der Waals surface area contributed by atoms with Gasteiger partial charge in [-0.2, -0.15) is 5.26 Å². The van der Waals surface area contributed by atoms with Crippen LogP contribution < -0.4 is 5.32 Å². The molecule has 1 aromatic carbocycles. The maximum atomic E-state index is 12.6. The van der Waals surface area contributed by atoms with E-state index in [1.54, 1.807) is 35.4 Å². The first-order valence-electron chi connectivity index (χ1n) is 8.46. The molecule has 4 rings (SSSR count). The highest BCUT2D eigenvalue weighted by Crippen LogP contribution is 2.28. The zero-order valence-electron chi connectivity index (χ0n) is 14.4. The first kappa shape index (κ1) is 16.6. The van der Waals surface area contributed by atoms with Crippen molar-refractivity contribution in [1.82, 2.24) is 14.9 Å². The second-order valence-electron chi connectivity index (χ2n) is 6.16. The molecule has 0 aliphatic carbocycles. The van der Waals surface area contributed by atoms with Gasteiger partial charge in [0.15, 0.2) is 0 Å². The number of nitriles is 1. The smallest absolute Gasteiger partial charge is 0.240 e. The van der Waals surface area contributed by atoms with E-state index in [1.807, 2.05) is 42.5 Å². The number of para-hydroxylation sites is 1. The number of nitrogens with one attached hydrogen (secondary N) is 1. The van der Waals surface area contributed by atoms with Crippen LogP contribution in [0.1, 0.15) is 22.9 Å². The van der Waals surface area contributed by atoms with Gasteiger partial charge in [0.05, 0.1) is 5.56 Å². The summed E-state index contributed by atoms with van der Waals surface area (Å²) in [4.78, 5) is 16.8. The molecule has 6 nitrogen and oxygen atoms in total. The third-order valence-corrected chi connectivity index (χ3v) is 4.26. The molecule has 4 aromatic rings. The van der Waals surface area contributed by atoms with E-state index in [2.05, 4.69) is 16.4 Å². The van der Waals surface area contributed by atoms with E-state index in [4.69, 9.17) is 9.68 Å². The van der Waals surface area contributed by atoms with Crippen LogP contribution in [0.2, 0.25) is 0 Å². The molecule has 27 heavy (non-hydrogen) atoms. The second-order valence-corrected chi connectivity index (χ2v) is 6.16. The molecule has 1 unspecified atom stereocenters. The Hall–Kier alpha value is -3.85.